The van der Waals surface area contributed by atoms with Crippen LogP contribution in [-0.4, -0.2) is 65.5 Å². The largest absolute Gasteiger partial charge is 0.450 e. The first kappa shape index (κ1) is 19.2. The predicted molar refractivity (Wildman–Crippen MR) is 104 cm³/mol. The molecule has 2 aromatic rings. The molecule has 27 heavy (non-hydrogen) atoms. The van der Waals surface area contributed by atoms with Crippen LogP contribution in [0.4, 0.5) is 16.6 Å². The van der Waals surface area contributed by atoms with E-state index in [0.717, 1.165) is 22.8 Å². The summed E-state index contributed by atoms with van der Waals surface area (Å²) in [7, 11) is 0. The molecule has 0 radical (unpaired) electrons. The molecule has 1 aliphatic heterocycles. The molecule has 0 aliphatic carbocycles. The molecule has 0 atom stereocenters. The number of amides is 1. The van der Waals surface area contributed by atoms with Crippen molar-refractivity contribution in [3.05, 3.63) is 41.0 Å². The number of carbonyl (C=O) groups is 1. The molecule has 1 fully saturated rings. The van der Waals surface area contributed by atoms with Gasteiger partial charge < -0.3 is 19.9 Å². The van der Waals surface area contributed by atoms with Crippen molar-refractivity contribution in [1.29, 1.82) is 0 Å². The molecule has 144 valence electrons. The molecule has 1 N–H and O–H groups in total. The lowest BCUT2D eigenvalue weighted by molar-refractivity contribution is 0.105. The average molecular weight is 391 g/mol. The summed E-state index contributed by atoms with van der Waals surface area (Å²) in [5.41, 5.74) is 1.15. The fraction of sp³-hybridized carbons (Fsp3) is 0.444. The SMILES string of the molecule is CCOC(=O)N1CCN(c2cnnc(NCCc3cccc(Cl)c3)n2)CC1. The number of hydrogen-bond donors (Lipinski definition) is 1. The van der Waals surface area contributed by atoms with Crippen molar-refractivity contribution >= 4 is 29.5 Å². The van der Waals surface area contributed by atoms with Crippen molar-refractivity contribution in [3.8, 4) is 0 Å². The molecule has 9 heteroatoms. The Morgan fingerprint density at radius 3 is 2.85 bits per heavy atom. The van der Waals surface area contributed by atoms with E-state index in [4.69, 9.17) is 16.3 Å². The number of rotatable bonds is 6. The van der Waals surface area contributed by atoms with Gasteiger partial charge in [-0.25, -0.2) is 4.79 Å². The molecule has 1 aromatic heterocycles. The molecule has 2 heterocycles. The Labute approximate surface area is 163 Å². The summed E-state index contributed by atoms with van der Waals surface area (Å²) >= 11 is 6.00. The van der Waals surface area contributed by atoms with E-state index >= 15 is 0 Å². The fourth-order valence-electron chi connectivity index (χ4n) is 2.87. The van der Waals surface area contributed by atoms with Crippen molar-refractivity contribution < 1.29 is 9.53 Å². The first-order valence-electron chi connectivity index (χ1n) is 9.00. The smallest absolute Gasteiger partial charge is 0.409 e. The van der Waals surface area contributed by atoms with E-state index in [0.29, 0.717) is 45.3 Å². The highest BCUT2D eigenvalue weighted by molar-refractivity contribution is 6.30. The van der Waals surface area contributed by atoms with Crippen molar-refractivity contribution in [1.82, 2.24) is 20.1 Å². The summed E-state index contributed by atoms with van der Waals surface area (Å²) < 4.78 is 5.04. The van der Waals surface area contributed by atoms with E-state index in [1.807, 2.05) is 31.2 Å². The molecule has 1 aromatic carbocycles. The molecule has 1 aliphatic rings. The van der Waals surface area contributed by atoms with Crippen LogP contribution in [0, 0.1) is 0 Å². The zero-order valence-corrected chi connectivity index (χ0v) is 16.0. The molecule has 0 saturated carbocycles. The van der Waals surface area contributed by atoms with Gasteiger partial charge in [-0.05, 0) is 31.0 Å². The molecule has 0 unspecified atom stereocenters. The predicted octanol–water partition coefficient (Wildman–Crippen LogP) is 2.46. The molecule has 8 nitrogen and oxygen atoms in total. The molecular formula is C18H23ClN6O2. The summed E-state index contributed by atoms with van der Waals surface area (Å²) in [6.45, 7) is 5.43. The quantitative estimate of drug-likeness (QED) is 0.811. The Hall–Kier alpha value is -2.61. The Morgan fingerprint density at radius 2 is 2.11 bits per heavy atom. The molecule has 0 spiro atoms. The minimum Gasteiger partial charge on any atom is -0.450 e. The monoisotopic (exact) mass is 390 g/mol. The lowest BCUT2D eigenvalue weighted by atomic mass is 10.1. The molecule has 1 saturated heterocycles. The van der Waals surface area contributed by atoms with Crippen LogP contribution in [0.2, 0.25) is 5.02 Å². The maximum atomic E-state index is 11.8. The van der Waals surface area contributed by atoms with Crippen LogP contribution in [0.25, 0.3) is 0 Å². The molecule has 1 amide bonds. The molecule has 3 rings (SSSR count). The minimum atomic E-state index is -0.263. The third-order valence-corrected chi connectivity index (χ3v) is 4.50. The zero-order valence-electron chi connectivity index (χ0n) is 15.3. The van der Waals surface area contributed by atoms with E-state index in [1.165, 1.54) is 0 Å². The zero-order chi connectivity index (χ0) is 19.1. The number of nitrogens with zero attached hydrogens (tertiary/aromatic N) is 5. The van der Waals surface area contributed by atoms with Gasteiger partial charge in [-0.3, -0.25) is 0 Å². The lowest BCUT2D eigenvalue weighted by Crippen LogP contribution is -2.49. The van der Waals surface area contributed by atoms with Crippen LogP contribution in [0.5, 0.6) is 0 Å². The van der Waals surface area contributed by atoms with Gasteiger partial charge in [-0.1, -0.05) is 23.7 Å². The van der Waals surface area contributed by atoms with E-state index in [9.17, 15) is 4.79 Å². The van der Waals surface area contributed by atoms with Crippen LogP contribution in [0.15, 0.2) is 30.5 Å². The second-order valence-electron chi connectivity index (χ2n) is 6.12. The number of anilines is 2. The highest BCUT2D eigenvalue weighted by atomic mass is 35.5. The highest BCUT2D eigenvalue weighted by Crippen LogP contribution is 2.15. The number of nitrogens with one attached hydrogen (secondary N) is 1. The Kier molecular flexibility index (Phi) is 6.64. The Morgan fingerprint density at radius 1 is 1.30 bits per heavy atom. The van der Waals surface area contributed by atoms with Crippen LogP contribution in [0.1, 0.15) is 12.5 Å². The topological polar surface area (TPSA) is 83.5 Å². The van der Waals surface area contributed by atoms with E-state index in [1.54, 1.807) is 11.1 Å². The van der Waals surface area contributed by atoms with Crippen LogP contribution < -0.4 is 10.2 Å². The minimum absolute atomic E-state index is 0.263. The van der Waals surface area contributed by atoms with Crippen LogP contribution in [-0.2, 0) is 11.2 Å². The first-order valence-corrected chi connectivity index (χ1v) is 9.38. The van der Waals surface area contributed by atoms with Crippen molar-refractivity contribution in [3.63, 3.8) is 0 Å². The third kappa shape index (κ3) is 5.43. The van der Waals surface area contributed by atoms with Gasteiger partial charge in [-0.2, -0.15) is 10.1 Å². The number of aromatic nitrogens is 3. The van der Waals surface area contributed by atoms with Crippen molar-refractivity contribution in [2.24, 2.45) is 0 Å². The number of hydrogen-bond acceptors (Lipinski definition) is 7. The second kappa shape index (κ2) is 9.36. The number of piperazine rings is 1. The lowest BCUT2D eigenvalue weighted by Gasteiger charge is -2.34. The number of halogens is 1. The fourth-order valence-corrected chi connectivity index (χ4v) is 3.08. The van der Waals surface area contributed by atoms with E-state index in [2.05, 4.69) is 25.4 Å². The summed E-state index contributed by atoms with van der Waals surface area (Å²) in [5, 5.41) is 12.0. The van der Waals surface area contributed by atoms with Gasteiger partial charge in [0.1, 0.15) is 0 Å². The normalized spacial score (nSPS) is 14.1. The van der Waals surface area contributed by atoms with Gasteiger partial charge in [0.2, 0.25) is 5.95 Å². The first-order chi connectivity index (χ1) is 13.2. The highest BCUT2D eigenvalue weighted by Gasteiger charge is 2.23. The van der Waals surface area contributed by atoms with E-state index < -0.39 is 0 Å². The molecule has 0 bridgehead atoms. The van der Waals surface area contributed by atoms with Gasteiger partial charge in [0.15, 0.2) is 5.82 Å². The van der Waals surface area contributed by atoms with Gasteiger partial charge >= 0.3 is 6.09 Å². The van der Waals surface area contributed by atoms with Gasteiger partial charge in [0.05, 0.1) is 12.8 Å². The summed E-state index contributed by atoms with van der Waals surface area (Å²) in [4.78, 5) is 20.1. The number of benzene rings is 1. The van der Waals surface area contributed by atoms with Gasteiger partial charge in [0.25, 0.3) is 0 Å². The van der Waals surface area contributed by atoms with Crippen molar-refractivity contribution in [2.45, 2.75) is 13.3 Å². The number of ether oxygens (including phenoxy) is 1. The van der Waals surface area contributed by atoms with Crippen LogP contribution >= 0.6 is 11.6 Å². The summed E-state index contributed by atoms with van der Waals surface area (Å²) in [6, 6.07) is 7.77. The maximum absolute atomic E-state index is 11.8. The second-order valence-corrected chi connectivity index (χ2v) is 6.55. The molecular weight excluding hydrogens is 368 g/mol. The van der Waals surface area contributed by atoms with E-state index in [-0.39, 0.29) is 6.09 Å². The van der Waals surface area contributed by atoms with Crippen LogP contribution in [0.3, 0.4) is 0 Å². The van der Waals surface area contributed by atoms with Crippen molar-refractivity contribution in [2.75, 3.05) is 49.5 Å². The van der Waals surface area contributed by atoms with Gasteiger partial charge in [0, 0.05) is 37.7 Å². The Balaban J connectivity index is 1.51. The Bertz CT molecular complexity index is 767. The summed E-state index contributed by atoms with van der Waals surface area (Å²) in [5.74, 6) is 1.24. The standard InChI is InChI=1S/C18H23ClN6O2/c1-2-27-18(26)25-10-8-24(9-11-25)16-13-21-23-17(22-16)20-7-6-14-4-3-5-15(19)12-14/h3-5,12-13H,2,6-11H2,1H3,(H,20,22,23). The summed E-state index contributed by atoms with van der Waals surface area (Å²) in [6.07, 6.45) is 2.19. The van der Waals surface area contributed by atoms with Gasteiger partial charge in [-0.15, -0.1) is 5.10 Å². The number of carbonyl (C=O) groups excluding carboxylic acids is 1. The maximum Gasteiger partial charge on any atom is 0.409 e. The third-order valence-electron chi connectivity index (χ3n) is 4.26. The average Bonchev–Trinajstić information content (AvgIpc) is 2.69.